The van der Waals surface area contributed by atoms with Crippen molar-refractivity contribution in [1.29, 1.82) is 0 Å². The van der Waals surface area contributed by atoms with Gasteiger partial charge in [-0.2, -0.15) is 0 Å². The third-order valence-corrected chi connectivity index (χ3v) is 2.43. The molecule has 0 aliphatic rings. The van der Waals surface area contributed by atoms with Crippen molar-refractivity contribution in [3.63, 3.8) is 0 Å². The van der Waals surface area contributed by atoms with Crippen molar-refractivity contribution in [3.05, 3.63) is 0 Å². The van der Waals surface area contributed by atoms with Gasteiger partial charge < -0.3 is 14.9 Å². The van der Waals surface area contributed by atoms with Gasteiger partial charge in [-0.25, -0.2) is 0 Å². The number of aliphatic hydroxyl groups is 2. The number of unbranched alkanes of at least 4 members (excludes halogenated alkanes) is 4. The van der Waals surface area contributed by atoms with Crippen LogP contribution in [0.25, 0.3) is 0 Å². The molecular weight excluding hydrogens is 220 g/mol. The Labute approximate surface area is 103 Å². The Hall–Kier alpha value is -1.05. The minimum atomic E-state index is -0.628. The first-order chi connectivity index (χ1) is 8.20. The molecule has 0 saturated heterocycles. The second-order valence-corrected chi connectivity index (χ2v) is 3.88. The molecule has 17 heavy (non-hydrogen) atoms. The monoisotopic (exact) mass is 242 g/mol. The van der Waals surface area contributed by atoms with Gasteiger partial charge in [0, 0.05) is 6.42 Å². The number of ether oxygens (including phenoxy) is 1. The first-order valence-corrected chi connectivity index (χ1v) is 6.04. The highest BCUT2D eigenvalue weighted by molar-refractivity contribution is 5.68. The topological polar surface area (TPSA) is 66.8 Å². The first-order valence-electron chi connectivity index (χ1n) is 6.04. The number of methoxy groups -OCH3 is 1. The van der Waals surface area contributed by atoms with Crippen molar-refractivity contribution in [2.45, 2.75) is 51.0 Å². The molecule has 0 amide bonds. The lowest BCUT2D eigenvalue weighted by molar-refractivity contribution is -0.140. The summed E-state index contributed by atoms with van der Waals surface area (Å²) in [5.74, 6) is 4.83. The molecule has 0 rings (SSSR count). The van der Waals surface area contributed by atoms with Crippen LogP contribution in [0.4, 0.5) is 0 Å². The van der Waals surface area contributed by atoms with Gasteiger partial charge in [-0.15, -0.1) is 0 Å². The lowest BCUT2D eigenvalue weighted by Gasteiger charge is -2.03. The molecule has 98 valence electrons. The fourth-order valence-electron chi connectivity index (χ4n) is 1.48. The van der Waals surface area contributed by atoms with Crippen molar-refractivity contribution in [2.75, 3.05) is 13.7 Å². The number of rotatable bonds is 8. The number of carbonyl (C=O) groups is 1. The van der Waals surface area contributed by atoms with Crippen LogP contribution >= 0.6 is 0 Å². The molecule has 0 aromatic rings. The van der Waals surface area contributed by atoms with Gasteiger partial charge in [0.05, 0.1) is 7.11 Å². The number of hydrogen-bond donors (Lipinski definition) is 2. The maximum absolute atomic E-state index is 10.8. The van der Waals surface area contributed by atoms with Crippen molar-refractivity contribution >= 4 is 5.97 Å². The molecular formula is C13H22O4. The predicted octanol–water partition coefficient (Wildman–Crippen LogP) is 1.25. The minimum Gasteiger partial charge on any atom is -0.469 e. The molecule has 0 aromatic heterocycles. The fraction of sp³-hybridized carbons (Fsp3) is 0.769. The normalized spacial score (nSPS) is 11.5. The van der Waals surface area contributed by atoms with Gasteiger partial charge in [-0.1, -0.05) is 31.1 Å². The van der Waals surface area contributed by atoms with E-state index >= 15 is 0 Å². The smallest absolute Gasteiger partial charge is 0.305 e. The number of esters is 1. The lowest BCUT2D eigenvalue weighted by Crippen LogP contribution is -2.02. The van der Waals surface area contributed by atoms with Crippen LogP contribution in [0.3, 0.4) is 0 Å². The van der Waals surface area contributed by atoms with Crippen molar-refractivity contribution in [1.82, 2.24) is 0 Å². The zero-order chi connectivity index (χ0) is 12.9. The Morgan fingerprint density at radius 1 is 1.24 bits per heavy atom. The van der Waals surface area contributed by atoms with Gasteiger partial charge >= 0.3 is 5.97 Å². The summed E-state index contributed by atoms with van der Waals surface area (Å²) in [4.78, 5) is 10.8. The van der Waals surface area contributed by atoms with E-state index in [1.165, 1.54) is 7.11 Å². The summed E-state index contributed by atoms with van der Waals surface area (Å²) in [6.45, 7) is -0.204. The van der Waals surface area contributed by atoms with Crippen LogP contribution in [0, 0.1) is 11.8 Å². The van der Waals surface area contributed by atoms with Crippen LogP contribution in [-0.2, 0) is 9.53 Å². The second kappa shape index (κ2) is 11.4. The van der Waals surface area contributed by atoms with Gasteiger partial charge in [0.1, 0.15) is 12.7 Å². The molecule has 0 bridgehead atoms. The quantitative estimate of drug-likeness (QED) is 0.382. The molecule has 0 aromatic carbocycles. The molecule has 0 aliphatic carbocycles. The maximum atomic E-state index is 10.8. The van der Waals surface area contributed by atoms with Crippen LogP contribution in [0.15, 0.2) is 0 Å². The summed E-state index contributed by atoms with van der Waals surface area (Å²) in [7, 11) is 1.40. The maximum Gasteiger partial charge on any atom is 0.305 e. The molecule has 0 fully saturated rings. The lowest BCUT2D eigenvalue weighted by atomic mass is 10.1. The molecule has 0 spiro atoms. The van der Waals surface area contributed by atoms with Crippen LogP contribution < -0.4 is 0 Å². The highest BCUT2D eigenvalue weighted by atomic mass is 16.5. The SMILES string of the molecule is COC(=O)CCCCCCCC(O)C#CCO. The summed E-state index contributed by atoms with van der Waals surface area (Å²) in [5.41, 5.74) is 0. The number of carbonyl (C=O) groups excluding carboxylic acids is 1. The second-order valence-electron chi connectivity index (χ2n) is 3.88. The van der Waals surface area contributed by atoms with Crippen LogP contribution in [-0.4, -0.2) is 36.0 Å². The molecule has 1 unspecified atom stereocenters. The highest BCUT2D eigenvalue weighted by Crippen LogP contribution is 2.08. The van der Waals surface area contributed by atoms with E-state index in [1.807, 2.05) is 0 Å². The molecule has 0 saturated carbocycles. The highest BCUT2D eigenvalue weighted by Gasteiger charge is 2.00. The summed E-state index contributed by atoms with van der Waals surface area (Å²) >= 11 is 0. The molecule has 0 aliphatic heterocycles. The zero-order valence-corrected chi connectivity index (χ0v) is 10.4. The van der Waals surface area contributed by atoms with Gasteiger partial charge in [0.25, 0.3) is 0 Å². The van der Waals surface area contributed by atoms with Crippen LogP contribution in [0.5, 0.6) is 0 Å². The summed E-state index contributed by atoms with van der Waals surface area (Å²) in [5, 5.41) is 17.8. The number of aliphatic hydroxyl groups excluding tert-OH is 2. The van der Waals surface area contributed by atoms with E-state index in [9.17, 15) is 9.90 Å². The summed E-state index contributed by atoms with van der Waals surface area (Å²) in [6, 6.07) is 0. The Morgan fingerprint density at radius 3 is 2.53 bits per heavy atom. The van der Waals surface area contributed by atoms with E-state index in [2.05, 4.69) is 16.6 Å². The molecule has 2 N–H and O–H groups in total. The van der Waals surface area contributed by atoms with Crippen LogP contribution in [0.2, 0.25) is 0 Å². The fourth-order valence-corrected chi connectivity index (χ4v) is 1.48. The van der Waals surface area contributed by atoms with Crippen molar-refractivity contribution < 1.29 is 19.7 Å². The van der Waals surface area contributed by atoms with Gasteiger partial charge in [-0.05, 0) is 19.3 Å². The molecule has 0 radical (unpaired) electrons. The first kappa shape index (κ1) is 16.0. The van der Waals surface area contributed by atoms with E-state index in [4.69, 9.17) is 5.11 Å². The predicted molar refractivity (Wildman–Crippen MR) is 65.2 cm³/mol. The summed E-state index contributed by atoms with van der Waals surface area (Å²) < 4.78 is 4.54. The van der Waals surface area contributed by atoms with E-state index in [-0.39, 0.29) is 12.6 Å². The average Bonchev–Trinajstić information content (AvgIpc) is 2.34. The van der Waals surface area contributed by atoms with Crippen LogP contribution in [0.1, 0.15) is 44.9 Å². The third kappa shape index (κ3) is 11.2. The largest absolute Gasteiger partial charge is 0.469 e. The Balaban J connectivity index is 3.26. The van der Waals surface area contributed by atoms with Crippen molar-refractivity contribution in [3.8, 4) is 11.8 Å². The number of hydrogen-bond acceptors (Lipinski definition) is 4. The molecule has 4 nitrogen and oxygen atoms in total. The van der Waals surface area contributed by atoms with Gasteiger partial charge in [-0.3, -0.25) is 4.79 Å². The Morgan fingerprint density at radius 2 is 1.88 bits per heavy atom. The molecule has 1 atom stereocenters. The molecule has 4 heteroatoms. The zero-order valence-electron chi connectivity index (χ0n) is 10.4. The van der Waals surface area contributed by atoms with Gasteiger partial charge in [0.15, 0.2) is 0 Å². The third-order valence-electron chi connectivity index (χ3n) is 2.43. The van der Waals surface area contributed by atoms with E-state index in [0.717, 1.165) is 32.1 Å². The Kier molecular flexibility index (Phi) is 10.7. The van der Waals surface area contributed by atoms with E-state index < -0.39 is 6.10 Å². The minimum absolute atomic E-state index is 0.153. The van der Waals surface area contributed by atoms with E-state index in [1.54, 1.807) is 0 Å². The summed E-state index contributed by atoms with van der Waals surface area (Å²) in [6.07, 6.45) is 5.37. The average molecular weight is 242 g/mol. The molecule has 0 heterocycles. The standard InChI is InChI=1S/C13H22O4/c1-17-13(16)10-6-4-2-3-5-8-12(15)9-7-11-14/h12,14-15H,2-6,8,10-11H2,1H3. The van der Waals surface area contributed by atoms with Crippen molar-refractivity contribution in [2.24, 2.45) is 0 Å². The van der Waals surface area contributed by atoms with E-state index in [0.29, 0.717) is 12.8 Å². The van der Waals surface area contributed by atoms with Gasteiger partial charge in [0.2, 0.25) is 0 Å². The Bertz CT molecular complexity index is 252.